The molecule has 3 aliphatic carbocycles. The van der Waals surface area contributed by atoms with Crippen LogP contribution >= 0.6 is 0 Å². The predicted molar refractivity (Wildman–Crippen MR) is 151 cm³/mol. The van der Waals surface area contributed by atoms with Gasteiger partial charge in [0.25, 0.3) is 0 Å². The summed E-state index contributed by atoms with van der Waals surface area (Å²) in [5.74, 6) is 2.17. The van der Waals surface area contributed by atoms with Crippen LogP contribution in [0.4, 0.5) is 0 Å². The second-order valence-corrected chi connectivity index (χ2v) is 11.7. The van der Waals surface area contributed by atoms with Gasteiger partial charge >= 0.3 is 0 Å². The monoisotopic (exact) mass is 512 g/mol. The van der Waals surface area contributed by atoms with Crippen LogP contribution < -0.4 is 4.74 Å². The van der Waals surface area contributed by atoms with Gasteiger partial charge in [-0.15, -0.1) is 0 Å². The first-order valence-corrected chi connectivity index (χ1v) is 13.8. The lowest BCUT2D eigenvalue weighted by Crippen LogP contribution is -2.35. The summed E-state index contributed by atoms with van der Waals surface area (Å²) in [5.41, 5.74) is 3.32. The number of aliphatic hydroxyl groups excluding tert-OH is 1. The van der Waals surface area contributed by atoms with Gasteiger partial charge in [0.15, 0.2) is 0 Å². The Morgan fingerprint density at radius 2 is 1.49 bits per heavy atom. The Morgan fingerprint density at radius 3 is 2.00 bits per heavy atom. The number of hydrogen-bond donors (Lipinski definition) is 2. The number of methoxy groups -OCH3 is 1. The zero-order valence-electron chi connectivity index (χ0n) is 22.5. The van der Waals surface area contributed by atoms with Crippen LogP contribution in [-0.2, 0) is 22.4 Å². The van der Waals surface area contributed by atoms with E-state index >= 15 is 0 Å². The molecule has 0 heterocycles. The largest absolute Gasteiger partial charge is 0.497 e. The number of fused-ring (bicyclic) bond motifs is 1. The molecule has 0 bridgehead atoms. The van der Waals surface area contributed by atoms with Crippen molar-refractivity contribution in [2.45, 2.75) is 84.3 Å². The van der Waals surface area contributed by atoms with Crippen LogP contribution in [0.5, 0.6) is 5.75 Å². The number of ether oxygens (including phenoxy) is 1. The summed E-state index contributed by atoms with van der Waals surface area (Å²) >= 11 is 0. The molecule has 0 aliphatic heterocycles. The molecule has 206 valence electrons. The van der Waals surface area contributed by atoms with Gasteiger partial charge in [-0.3, -0.25) is 9.59 Å². The van der Waals surface area contributed by atoms with E-state index in [1.54, 1.807) is 14.0 Å². The molecule has 5 heteroatoms. The standard InChI is InChI=1S/C30H36O3.C2H6O2.3H2/c1-21(31)30(19-25-18-29(14-4-3-5-15-29)28(32)27(25)20-30)17-24-8-6-22(7-9-24)16-23-10-12-26(33-2)13-11-23;1-2(3)4;;;/h6-13,25,27H,3-5,14-20H2,1-2H3;2-4H,1H3;3*1H. The van der Waals surface area contributed by atoms with E-state index in [-0.39, 0.29) is 26.8 Å². The van der Waals surface area contributed by atoms with Crippen LogP contribution in [0.25, 0.3) is 0 Å². The molecule has 3 fully saturated rings. The van der Waals surface area contributed by atoms with Crippen LogP contribution in [0.1, 0.15) is 86.2 Å². The van der Waals surface area contributed by atoms with E-state index in [2.05, 4.69) is 36.4 Å². The third-order valence-corrected chi connectivity index (χ3v) is 9.04. The fourth-order valence-corrected chi connectivity index (χ4v) is 7.21. The van der Waals surface area contributed by atoms with Crippen molar-refractivity contribution in [2.24, 2.45) is 22.7 Å². The zero-order valence-corrected chi connectivity index (χ0v) is 22.5. The van der Waals surface area contributed by atoms with E-state index in [1.807, 2.05) is 12.1 Å². The lowest BCUT2D eigenvalue weighted by atomic mass is 9.68. The molecule has 2 aromatic rings. The van der Waals surface area contributed by atoms with Gasteiger partial charge in [-0.1, -0.05) is 55.7 Å². The Hall–Kier alpha value is -2.50. The molecule has 0 radical (unpaired) electrons. The van der Waals surface area contributed by atoms with Crippen molar-refractivity contribution >= 4 is 11.6 Å². The second kappa shape index (κ2) is 11.5. The van der Waals surface area contributed by atoms with Crippen LogP contribution in [-0.4, -0.2) is 35.2 Å². The molecule has 3 atom stereocenters. The zero-order chi connectivity index (χ0) is 26.6. The van der Waals surface area contributed by atoms with E-state index in [0.29, 0.717) is 11.7 Å². The molecule has 3 saturated carbocycles. The van der Waals surface area contributed by atoms with Gasteiger partial charge in [-0.2, -0.15) is 0 Å². The molecule has 3 unspecified atom stereocenters. The van der Waals surface area contributed by atoms with Gasteiger partial charge in [-0.05, 0) is 93.5 Å². The fourth-order valence-electron chi connectivity index (χ4n) is 7.21. The average molecular weight is 513 g/mol. The smallest absolute Gasteiger partial charge is 0.148 e. The molecule has 2 N–H and O–H groups in total. The topological polar surface area (TPSA) is 83.8 Å². The molecule has 2 aromatic carbocycles. The highest BCUT2D eigenvalue weighted by Crippen LogP contribution is 2.61. The van der Waals surface area contributed by atoms with Crippen molar-refractivity contribution in [3.63, 3.8) is 0 Å². The second-order valence-electron chi connectivity index (χ2n) is 11.7. The van der Waals surface area contributed by atoms with Gasteiger partial charge in [0.1, 0.15) is 23.6 Å². The summed E-state index contributed by atoms with van der Waals surface area (Å²) < 4.78 is 5.25. The molecular formula is C32H48O5. The van der Waals surface area contributed by atoms with E-state index in [9.17, 15) is 9.59 Å². The third-order valence-electron chi connectivity index (χ3n) is 9.04. The normalized spacial score (nSPS) is 26.1. The number of aliphatic hydroxyl groups is 2. The van der Waals surface area contributed by atoms with Gasteiger partial charge in [-0.25, -0.2) is 0 Å². The minimum atomic E-state index is -1.17. The Balaban J connectivity index is 0.00000107. The number of rotatable bonds is 6. The molecular weight excluding hydrogens is 464 g/mol. The van der Waals surface area contributed by atoms with Crippen LogP contribution in [0.15, 0.2) is 48.5 Å². The highest BCUT2D eigenvalue weighted by molar-refractivity contribution is 5.92. The number of carbonyl (C=O) groups excluding carboxylic acids is 2. The minimum absolute atomic E-state index is 0. The summed E-state index contributed by atoms with van der Waals surface area (Å²) in [6.07, 6.45) is 9.01. The molecule has 5 rings (SSSR count). The molecule has 3 aliphatic rings. The highest BCUT2D eigenvalue weighted by Gasteiger charge is 2.60. The van der Waals surface area contributed by atoms with Crippen LogP contribution in [0.2, 0.25) is 0 Å². The molecule has 0 amide bonds. The van der Waals surface area contributed by atoms with E-state index in [0.717, 1.165) is 50.7 Å². The third kappa shape index (κ3) is 6.15. The summed E-state index contributed by atoms with van der Waals surface area (Å²) in [4.78, 5) is 26.4. The van der Waals surface area contributed by atoms with Crippen molar-refractivity contribution in [1.29, 1.82) is 0 Å². The maximum absolute atomic E-state index is 13.5. The number of carbonyl (C=O) groups is 2. The molecule has 0 aromatic heterocycles. The van der Waals surface area contributed by atoms with Gasteiger partial charge < -0.3 is 14.9 Å². The minimum Gasteiger partial charge on any atom is -0.497 e. The fraction of sp³-hybridized carbons (Fsp3) is 0.562. The molecule has 37 heavy (non-hydrogen) atoms. The van der Waals surface area contributed by atoms with Crippen molar-refractivity contribution in [3.8, 4) is 5.75 Å². The number of benzene rings is 2. The van der Waals surface area contributed by atoms with E-state index in [1.165, 1.54) is 42.9 Å². The van der Waals surface area contributed by atoms with Crippen molar-refractivity contribution in [2.75, 3.05) is 7.11 Å². The van der Waals surface area contributed by atoms with Crippen molar-refractivity contribution < 1.29 is 28.8 Å². The average Bonchev–Trinajstić information content (AvgIpc) is 3.34. The lowest BCUT2D eigenvalue weighted by Gasteiger charge is -2.35. The first-order valence-electron chi connectivity index (χ1n) is 13.8. The Kier molecular flexibility index (Phi) is 8.55. The van der Waals surface area contributed by atoms with Gasteiger partial charge in [0.05, 0.1) is 7.11 Å². The summed E-state index contributed by atoms with van der Waals surface area (Å²) in [7, 11) is 1.68. The summed E-state index contributed by atoms with van der Waals surface area (Å²) in [6, 6.07) is 16.9. The maximum atomic E-state index is 13.5. The maximum Gasteiger partial charge on any atom is 0.148 e. The van der Waals surface area contributed by atoms with Crippen LogP contribution in [0, 0.1) is 22.7 Å². The lowest BCUT2D eigenvalue weighted by molar-refractivity contribution is -0.132. The SMILES string of the molecule is CC(O)O.COc1ccc(Cc2ccc(CC3(C(C)=O)CC4CC5(CCCCC5)C(=O)C4C3)cc2)cc1.[HH].[HH].[HH]. The van der Waals surface area contributed by atoms with E-state index < -0.39 is 6.29 Å². The van der Waals surface area contributed by atoms with Gasteiger partial charge in [0, 0.05) is 21.0 Å². The first-order chi connectivity index (χ1) is 17.7. The Labute approximate surface area is 225 Å². The van der Waals surface area contributed by atoms with Crippen molar-refractivity contribution in [1.82, 2.24) is 0 Å². The molecule has 1 spiro atoms. The quantitative estimate of drug-likeness (QED) is 0.437. The van der Waals surface area contributed by atoms with Gasteiger partial charge in [0.2, 0.25) is 0 Å². The Bertz CT molecular complexity index is 1080. The molecule has 0 saturated heterocycles. The van der Waals surface area contributed by atoms with Crippen molar-refractivity contribution in [3.05, 3.63) is 65.2 Å². The van der Waals surface area contributed by atoms with E-state index in [4.69, 9.17) is 14.9 Å². The summed E-state index contributed by atoms with van der Waals surface area (Å²) in [6.45, 7) is 3.03. The number of ketones is 2. The Morgan fingerprint density at radius 1 is 0.946 bits per heavy atom. The molecule has 5 nitrogen and oxygen atoms in total. The first kappa shape index (κ1) is 27.5. The summed E-state index contributed by atoms with van der Waals surface area (Å²) in [5, 5.41) is 15.2. The number of Topliss-reactive ketones (excluding diaryl/α,β-unsaturated/α-hetero) is 2. The highest BCUT2D eigenvalue weighted by atomic mass is 16.5. The number of hydrogen-bond acceptors (Lipinski definition) is 5. The predicted octanol–water partition coefficient (Wildman–Crippen LogP) is 6.41. The van der Waals surface area contributed by atoms with Crippen LogP contribution in [0.3, 0.4) is 0 Å².